The van der Waals surface area contributed by atoms with E-state index >= 15 is 0 Å². The maximum absolute atomic E-state index is 4.87. The van der Waals surface area contributed by atoms with Crippen LogP contribution in [-0.4, -0.2) is 42.6 Å². The summed E-state index contributed by atoms with van der Waals surface area (Å²) in [4.78, 5) is 7.28. The molecule has 1 aliphatic heterocycles. The second-order valence-electron chi connectivity index (χ2n) is 5.76. The molecule has 3 rings (SSSR count). The summed E-state index contributed by atoms with van der Waals surface area (Å²) >= 11 is 1.86. The summed E-state index contributed by atoms with van der Waals surface area (Å²) in [5, 5.41) is 7.23. The van der Waals surface area contributed by atoms with E-state index in [1.165, 1.54) is 42.9 Å². The normalized spacial score (nSPS) is 26.8. The van der Waals surface area contributed by atoms with Gasteiger partial charge in [-0.1, -0.05) is 12.8 Å². The molecule has 1 N–H and O–H groups in total. The van der Waals surface area contributed by atoms with Crippen molar-refractivity contribution in [2.24, 2.45) is 0 Å². The first-order chi connectivity index (χ1) is 8.81. The average Bonchev–Trinajstić information content (AvgIpc) is 2.98. The molecule has 100 valence electrons. The van der Waals surface area contributed by atoms with E-state index in [-0.39, 0.29) is 0 Å². The highest BCUT2D eigenvalue weighted by Crippen LogP contribution is 2.34. The fourth-order valence-corrected chi connectivity index (χ4v) is 4.12. The zero-order valence-electron chi connectivity index (χ0n) is 11.2. The summed E-state index contributed by atoms with van der Waals surface area (Å²) in [6, 6.07) is 0.589. The quantitative estimate of drug-likeness (QED) is 0.908. The van der Waals surface area contributed by atoms with Crippen LogP contribution in [0.25, 0.3) is 0 Å². The monoisotopic (exact) mass is 265 g/mol. The molecular formula is C14H23N3S. The second kappa shape index (κ2) is 5.68. The van der Waals surface area contributed by atoms with Gasteiger partial charge in [0.15, 0.2) is 0 Å². The van der Waals surface area contributed by atoms with Crippen LogP contribution in [0.3, 0.4) is 0 Å². The lowest BCUT2D eigenvalue weighted by molar-refractivity contribution is 0.238. The molecule has 1 atom stereocenters. The molecule has 2 fully saturated rings. The summed E-state index contributed by atoms with van der Waals surface area (Å²) in [5.41, 5.74) is 1.37. The van der Waals surface area contributed by atoms with Crippen molar-refractivity contribution in [2.75, 3.05) is 26.7 Å². The fourth-order valence-electron chi connectivity index (χ4n) is 3.17. The molecule has 1 aromatic heterocycles. The van der Waals surface area contributed by atoms with Gasteiger partial charge in [-0.05, 0) is 19.9 Å². The molecule has 1 aromatic rings. The zero-order chi connectivity index (χ0) is 12.4. The van der Waals surface area contributed by atoms with E-state index in [2.05, 4.69) is 22.6 Å². The summed E-state index contributed by atoms with van der Waals surface area (Å²) < 4.78 is 0. The Kier molecular flexibility index (Phi) is 3.97. The molecule has 4 heteroatoms. The lowest BCUT2D eigenvalue weighted by Gasteiger charge is -2.30. The molecule has 0 radical (unpaired) electrons. The molecule has 0 spiro atoms. The van der Waals surface area contributed by atoms with Crippen LogP contribution in [0.2, 0.25) is 0 Å². The Morgan fingerprint density at radius 1 is 1.44 bits per heavy atom. The van der Waals surface area contributed by atoms with E-state index in [9.17, 15) is 0 Å². The third-order valence-corrected chi connectivity index (χ3v) is 5.11. The first kappa shape index (κ1) is 12.6. The van der Waals surface area contributed by atoms with E-state index in [1.54, 1.807) is 0 Å². The highest BCUT2D eigenvalue weighted by atomic mass is 32.1. The Bertz CT molecular complexity index is 384. The van der Waals surface area contributed by atoms with Crippen LogP contribution in [-0.2, 0) is 6.42 Å². The number of hydrogen-bond donors (Lipinski definition) is 1. The predicted molar refractivity (Wildman–Crippen MR) is 76.3 cm³/mol. The van der Waals surface area contributed by atoms with Crippen molar-refractivity contribution in [3.63, 3.8) is 0 Å². The number of piperazine rings is 1. The molecule has 1 unspecified atom stereocenters. The highest BCUT2D eigenvalue weighted by Gasteiger charge is 2.22. The third-order valence-electron chi connectivity index (χ3n) is 4.22. The molecular weight excluding hydrogens is 242 g/mol. The Labute approximate surface area is 114 Å². The summed E-state index contributed by atoms with van der Waals surface area (Å²) in [6.07, 6.45) is 6.60. The average molecular weight is 265 g/mol. The van der Waals surface area contributed by atoms with Crippen molar-refractivity contribution < 1.29 is 0 Å². The van der Waals surface area contributed by atoms with Gasteiger partial charge in [0.1, 0.15) is 0 Å². The molecule has 2 heterocycles. The standard InChI is InChI=1S/C14H23N3S/c1-17-7-6-15-12(9-17)8-14-16-13(10-18-14)11-4-2-3-5-11/h10-12,15H,2-9H2,1H3. The number of thiazole rings is 1. The molecule has 1 saturated heterocycles. The first-order valence-corrected chi connectivity index (χ1v) is 8.05. The predicted octanol–water partition coefficient (Wildman–Crippen LogP) is 2.25. The maximum atomic E-state index is 4.87. The van der Waals surface area contributed by atoms with Crippen LogP contribution in [0, 0.1) is 0 Å². The minimum absolute atomic E-state index is 0.589. The van der Waals surface area contributed by atoms with Crippen molar-refractivity contribution in [2.45, 2.75) is 44.1 Å². The van der Waals surface area contributed by atoms with Crippen molar-refractivity contribution in [1.29, 1.82) is 0 Å². The van der Waals surface area contributed by atoms with Gasteiger partial charge < -0.3 is 10.2 Å². The maximum Gasteiger partial charge on any atom is 0.0944 e. The number of hydrogen-bond acceptors (Lipinski definition) is 4. The zero-order valence-corrected chi connectivity index (χ0v) is 12.0. The van der Waals surface area contributed by atoms with Crippen LogP contribution in [0.15, 0.2) is 5.38 Å². The summed E-state index contributed by atoms with van der Waals surface area (Å²) in [5.74, 6) is 0.761. The van der Waals surface area contributed by atoms with Crippen molar-refractivity contribution in [3.8, 4) is 0 Å². The minimum atomic E-state index is 0.589. The van der Waals surface area contributed by atoms with E-state index in [1.807, 2.05) is 11.3 Å². The lowest BCUT2D eigenvalue weighted by atomic mass is 10.1. The van der Waals surface area contributed by atoms with Gasteiger partial charge >= 0.3 is 0 Å². The third kappa shape index (κ3) is 2.92. The Hall–Kier alpha value is -0.450. The largest absolute Gasteiger partial charge is 0.311 e. The van der Waals surface area contributed by atoms with Crippen molar-refractivity contribution in [1.82, 2.24) is 15.2 Å². The Balaban J connectivity index is 1.59. The number of nitrogens with one attached hydrogen (secondary N) is 1. The smallest absolute Gasteiger partial charge is 0.0944 e. The van der Waals surface area contributed by atoms with E-state index in [0.717, 1.165) is 25.4 Å². The van der Waals surface area contributed by atoms with Gasteiger partial charge in [-0.2, -0.15) is 0 Å². The first-order valence-electron chi connectivity index (χ1n) is 7.17. The van der Waals surface area contributed by atoms with Gasteiger partial charge in [0.25, 0.3) is 0 Å². The Morgan fingerprint density at radius 3 is 3.06 bits per heavy atom. The number of likely N-dealkylation sites (N-methyl/N-ethyl adjacent to an activating group) is 1. The van der Waals surface area contributed by atoms with E-state index < -0.39 is 0 Å². The molecule has 0 amide bonds. The van der Waals surface area contributed by atoms with Crippen LogP contribution < -0.4 is 5.32 Å². The highest BCUT2D eigenvalue weighted by molar-refractivity contribution is 7.09. The molecule has 0 bridgehead atoms. The van der Waals surface area contributed by atoms with Gasteiger partial charge in [-0.3, -0.25) is 0 Å². The van der Waals surface area contributed by atoms with Crippen LogP contribution in [0.1, 0.15) is 42.3 Å². The molecule has 1 saturated carbocycles. The van der Waals surface area contributed by atoms with Gasteiger partial charge in [-0.25, -0.2) is 4.98 Å². The lowest BCUT2D eigenvalue weighted by Crippen LogP contribution is -2.49. The van der Waals surface area contributed by atoms with Crippen molar-refractivity contribution in [3.05, 3.63) is 16.1 Å². The molecule has 1 aliphatic carbocycles. The minimum Gasteiger partial charge on any atom is -0.311 e. The van der Waals surface area contributed by atoms with E-state index in [4.69, 9.17) is 4.98 Å². The number of rotatable bonds is 3. The van der Waals surface area contributed by atoms with Gasteiger partial charge in [0.05, 0.1) is 10.7 Å². The number of nitrogens with zero attached hydrogens (tertiary/aromatic N) is 2. The van der Waals surface area contributed by atoms with Gasteiger partial charge in [0, 0.05) is 43.4 Å². The fraction of sp³-hybridized carbons (Fsp3) is 0.786. The molecule has 3 nitrogen and oxygen atoms in total. The van der Waals surface area contributed by atoms with Gasteiger partial charge in [-0.15, -0.1) is 11.3 Å². The number of aromatic nitrogens is 1. The van der Waals surface area contributed by atoms with Crippen LogP contribution >= 0.6 is 11.3 Å². The van der Waals surface area contributed by atoms with Crippen LogP contribution in [0.4, 0.5) is 0 Å². The summed E-state index contributed by atoms with van der Waals surface area (Å²) in [7, 11) is 2.21. The van der Waals surface area contributed by atoms with Crippen molar-refractivity contribution >= 4 is 11.3 Å². The SMILES string of the molecule is CN1CCNC(Cc2nc(C3CCCC3)cs2)C1. The van der Waals surface area contributed by atoms with Crippen LogP contribution in [0.5, 0.6) is 0 Å². The Morgan fingerprint density at radius 2 is 2.28 bits per heavy atom. The molecule has 18 heavy (non-hydrogen) atoms. The topological polar surface area (TPSA) is 28.2 Å². The van der Waals surface area contributed by atoms with E-state index in [0.29, 0.717) is 6.04 Å². The molecule has 2 aliphatic rings. The second-order valence-corrected chi connectivity index (χ2v) is 6.71. The molecule has 0 aromatic carbocycles. The summed E-state index contributed by atoms with van der Waals surface area (Å²) in [6.45, 7) is 3.43. The van der Waals surface area contributed by atoms with Gasteiger partial charge in [0.2, 0.25) is 0 Å².